The molecule has 0 saturated heterocycles. The number of carbonyl (C=O) groups excluding carboxylic acids is 2. The molecule has 28 heavy (non-hydrogen) atoms. The molecule has 5 nitrogen and oxygen atoms in total. The average molecular weight is 380 g/mol. The van der Waals surface area contributed by atoms with Crippen molar-refractivity contribution in [3.05, 3.63) is 54.1 Å². The number of rotatable bonds is 5. The molecule has 1 heterocycles. The number of nitrogens with zero attached hydrogens (tertiary/aromatic N) is 3. The molecule has 148 valence electrons. The molecule has 1 aliphatic heterocycles. The zero-order chi connectivity index (χ0) is 20.1. The lowest BCUT2D eigenvalue weighted by Gasteiger charge is -2.25. The Morgan fingerprint density at radius 3 is 2.18 bits per heavy atom. The predicted octanol–water partition coefficient (Wildman–Crippen LogP) is 4.33. The number of anilines is 3. The highest BCUT2D eigenvalue weighted by molar-refractivity contribution is 6.09. The van der Waals surface area contributed by atoms with Crippen LogP contribution < -0.4 is 14.7 Å². The zero-order valence-corrected chi connectivity index (χ0v) is 17.0. The zero-order valence-electron chi connectivity index (χ0n) is 17.0. The molecule has 0 radical (unpaired) electrons. The van der Waals surface area contributed by atoms with Crippen LogP contribution in [0.5, 0.6) is 0 Å². The van der Waals surface area contributed by atoms with E-state index in [0.717, 1.165) is 42.9 Å². The summed E-state index contributed by atoms with van der Waals surface area (Å²) >= 11 is 0. The fourth-order valence-electron chi connectivity index (χ4n) is 3.63. The van der Waals surface area contributed by atoms with Crippen molar-refractivity contribution in [2.75, 3.05) is 41.4 Å². The normalized spacial score (nSPS) is 13.7. The number of amides is 2. The third kappa shape index (κ3) is 4.19. The van der Waals surface area contributed by atoms with Gasteiger partial charge in [-0.25, -0.2) is 0 Å². The summed E-state index contributed by atoms with van der Waals surface area (Å²) in [5, 5.41) is 0. The molecule has 1 aliphatic rings. The summed E-state index contributed by atoms with van der Waals surface area (Å²) in [6.07, 6.45) is 3.05. The molecule has 0 saturated carbocycles. The van der Waals surface area contributed by atoms with E-state index in [0.29, 0.717) is 18.7 Å². The van der Waals surface area contributed by atoms with Crippen LogP contribution in [0.1, 0.15) is 43.5 Å². The largest absolute Gasteiger partial charge is 0.375 e. The Bertz CT molecular complexity index is 832. The average Bonchev–Trinajstić information content (AvgIpc) is 2.91. The summed E-state index contributed by atoms with van der Waals surface area (Å²) in [7, 11) is 2.08. The molecule has 2 aromatic carbocycles. The van der Waals surface area contributed by atoms with Crippen LogP contribution in [0.2, 0.25) is 0 Å². The number of para-hydroxylation sites is 2. The van der Waals surface area contributed by atoms with Crippen LogP contribution >= 0.6 is 0 Å². The molecule has 0 unspecified atom stereocenters. The Morgan fingerprint density at radius 2 is 1.57 bits per heavy atom. The van der Waals surface area contributed by atoms with Crippen molar-refractivity contribution in [2.45, 2.75) is 33.1 Å². The van der Waals surface area contributed by atoms with Gasteiger partial charge in [0.25, 0.3) is 5.91 Å². The highest BCUT2D eigenvalue weighted by Gasteiger charge is 2.26. The monoisotopic (exact) mass is 379 g/mol. The van der Waals surface area contributed by atoms with Crippen LogP contribution in [0.15, 0.2) is 48.5 Å². The Hall–Kier alpha value is -2.82. The van der Waals surface area contributed by atoms with Crippen molar-refractivity contribution in [3.8, 4) is 0 Å². The second kappa shape index (κ2) is 8.91. The fraction of sp³-hybridized carbons (Fsp3) is 0.391. The van der Waals surface area contributed by atoms with Crippen LogP contribution in [-0.4, -0.2) is 38.5 Å². The van der Waals surface area contributed by atoms with Crippen LogP contribution in [-0.2, 0) is 4.79 Å². The van der Waals surface area contributed by atoms with E-state index in [4.69, 9.17) is 0 Å². The van der Waals surface area contributed by atoms with Gasteiger partial charge in [0.2, 0.25) is 5.91 Å². The van der Waals surface area contributed by atoms with Crippen molar-refractivity contribution in [1.82, 2.24) is 0 Å². The van der Waals surface area contributed by atoms with Gasteiger partial charge in [-0.2, -0.15) is 0 Å². The number of carbonyl (C=O) groups is 2. The van der Waals surface area contributed by atoms with E-state index in [1.54, 1.807) is 16.7 Å². The van der Waals surface area contributed by atoms with E-state index in [2.05, 4.69) is 18.9 Å². The smallest absolute Gasteiger partial charge is 0.258 e. The molecule has 0 spiro atoms. The Morgan fingerprint density at radius 1 is 0.964 bits per heavy atom. The Balaban J connectivity index is 1.85. The molecule has 2 aromatic rings. The minimum Gasteiger partial charge on any atom is -0.375 e. The number of hydrogen-bond donors (Lipinski definition) is 0. The summed E-state index contributed by atoms with van der Waals surface area (Å²) in [5.41, 5.74) is 3.38. The summed E-state index contributed by atoms with van der Waals surface area (Å²) < 4.78 is 0. The maximum absolute atomic E-state index is 13.3. The number of benzene rings is 2. The van der Waals surface area contributed by atoms with Gasteiger partial charge in [0.1, 0.15) is 0 Å². The Kier molecular flexibility index (Phi) is 6.34. The third-order valence-electron chi connectivity index (χ3n) is 5.25. The lowest BCUT2D eigenvalue weighted by Crippen LogP contribution is -2.31. The molecule has 0 bridgehead atoms. The van der Waals surface area contributed by atoms with Crippen molar-refractivity contribution in [2.24, 2.45) is 0 Å². The van der Waals surface area contributed by atoms with E-state index >= 15 is 0 Å². The topological polar surface area (TPSA) is 43.9 Å². The molecule has 3 rings (SSSR count). The molecule has 0 aliphatic carbocycles. The van der Waals surface area contributed by atoms with E-state index in [9.17, 15) is 9.59 Å². The lowest BCUT2D eigenvalue weighted by atomic mass is 10.1. The number of hydrogen-bond acceptors (Lipinski definition) is 3. The van der Waals surface area contributed by atoms with Gasteiger partial charge in [0.05, 0.1) is 11.4 Å². The molecule has 2 amide bonds. The first-order valence-electron chi connectivity index (χ1n) is 10.0. The standard InChI is InChI=1S/C23H29N3O2/c1-4-5-15-24(3)20-13-11-19(12-14-20)23(28)26-17-8-16-25(18(2)27)21-9-6-7-10-22(21)26/h6-7,9-14H,4-5,8,15-17H2,1-3H3. The molecule has 0 fully saturated rings. The van der Waals surface area contributed by atoms with E-state index in [1.165, 1.54) is 0 Å². The van der Waals surface area contributed by atoms with Gasteiger partial charge in [-0.1, -0.05) is 25.5 Å². The summed E-state index contributed by atoms with van der Waals surface area (Å²) in [6.45, 7) is 5.98. The van der Waals surface area contributed by atoms with Crippen LogP contribution in [0.3, 0.4) is 0 Å². The first kappa shape index (κ1) is 19.9. The lowest BCUT2D eigenvalue weighted by molar-refractivity contribution is -0.116. The molecular formula is C23H29N3O2. The SMILES string of the molecule is CCCCN(C)c1ccc(C(=O)N2CCCN(C(C)=O)c3ccccc32)cc1. The highest BCUT2D eigenvalue weighted by Crippen LogP contribution is 2.33. The predicted molar refractivity (Wildman–Crippen MR) is 115 cm³/mol. The van der Waals surface area contributed by atoms with Gasteiger partial charge in [0.15, 0.2) is 0 Å². The third-order valence-corrected chi connectivity index (χ3v) is 5.25. The van der Waals surface area contributed by atoms with Crippen molar-refractivity contribution >= 4 is 28.9 Å². The molecule has 0 atom stereocenters. The van der Waals surface area contributed by atoms with Gasteiger partial charge in [0, 0.05) is 44.9 Å². The first-order chi connectivity index (χ1) is 13.5. The van der Waals surface area contributed by atoms with Crippen LogP contribution in [0.25, 0.3) is 0 Å². The van der Waals surface area contributed by atoms with Crippen molar-refractivity contribution in [1.29, 1.82) is 0 Å². The van der Waals surface area contributed by atoms with Gasteiger partial charge >= 0.3 is 0 Å². The molecular weight excluding hydrogens is 350 g/mol. The van der Waals surface area contributed by atoms with Gasteiger partial charge in [-0.15, -0.1) is 0 Å². The van der Waals surface area contributed by atoms with Gasteiger partial charge in [-0.3, -0.25) is 9.59 Å². The first-order valence-corrected chi connectivity index (χ1v) is 10.0. The maximum atomic E-state index is 13.3. The van der Waals surface area contributed by atoms with Crippen LogP contribution in [0.4, 0.5) is 17.1 Å². The fourth-order valence-corrected chi connectivity index (χ4v) is 3.63. The van der Waals surface area contributed by atoms with Gasteiger partial charge < -0.3 is 14.7 Å². The van der Waals surface area contributed by atoms with Gasteiger partial charge in [-0.05, 0) is 49.2 Å². The minimum absolute atomic E-state index is 0.00113. The molecule has 0 N–H and O–H groups in total. The maximum Gasteiger partial charge on any atom is 0.258 e. The summed E-state index contributed by atoms with van der Waals surface area (Å²) in [4.78, 5) is 31.1. The van der Waals surface area contributed by atoms with E-state index < -0.39 is 0 Å². The quantitative estimate of drug-likeness (QED) is 0.777. The van der Waals surface area contributed by atoms with Crippen molar-refractivity contribution in [3.63, 3.8) is 0 Å². The van der Waals surface area contributed by atoms with E-state index in [1.807, 2.05) is 48.5 Å². The van der Waals surface area contributed by atoms with E-state index in [-0.39, 0.29) is 11.8 Å². The summed E-state index contributed by atoms with van der Waals surface area (Å²) in [5.74, 6) is -0.0261. The minimum atomic E-state index is -0.0272. The molecule has 0 aromatic heterocycles. The summed E-state index contributed by atoms with van der Waals surface area (Å²) in [6, 6.07) is 15.5. The second-order valence-electron chi connectivity index (χ2n) is 7.29. The number of fused-ring (bicyclic) bond motifs is 1. The van der Waals surface area contributed by atoms with Crippen LogP contribution in [0, 0.1) is 0 Å². The highest BCUT2D eigenvalue weighted by atomic mass is 16.2. The molecule has 5 heteroatoms. The van der Waals surface area contributed by atoms with Crippen molar-refractivity contribution < 1.29 is 9.59 Å². The number of unbranched alkanes of at least 4 members (excludes halogenated alkanes) is 1. The Labute approximate surface area is 167 Å². The second-order valence-corrected chi connectivity index (χ2v) is 7.29.